The van der Waals surface area contributed by atoms with Gasteiger partial charge in [0.2, 0.25) is 0 Å². The zero-order chi connectivity index (χ0) is 12.8. The molecule has 2 fully saturated rings. The predicted molar refractivity (Wildman–Crippen MR) is 80.3 cm³/mol. The molecule has 0 saturated heterocycles. The topological polar surface area (TPSA) is 20.2 Å². The second-order valence-corrected chi connectivity index (χ2v) is 7.49. The molecule has 0 radical (unpaired) electrons. The van der Waals surface area contributed by atoms with Gasteiger partial charge in [-0.15, -0.1) is 11.3 Å². The highest BCUT2D eigenvalue weighted by Gasteiger charge is 2.40. The molecule has 2 saturated carbocycles. The first kappa shape index (κ1) is 11.9. The molecular formula is C17H20OS. The van der Waals surface area contributed by atoms with Gasteiger partial charge in [0.05, 0.1) is 6.10 Å². The molecule has 4 atom stereocenters. The lowest BCUT2D eigenvalue weighted by Crippen LogP contribution is -2.13. The van der Waals surface area contributed by atoms with E-state index in [2.05, 4.69) is 30.3 Å². The van der Waals surface area contributed by atoms with Crippen molar-refractivity contribution in [3.8, 4) is 0 Å². The van der Waals surface area contributed by atoms with Crippen LogP contribution in [0.5, 0.6) is 0 Å². The Hall–Kier alpha value is -0.860. The van der Waals surface area contributed by atoms with Crippen molar-refractivity contribution < 1.29 is 5.11 Å². The Bertz CT molecular complexity index is 555. The van der Waals surface area contributed by atoms with Gasteiger partial charge in [0, 0.05) is 9.58 Å². The summed E-state index contributed by atoms with van der Waals surface area (Å²) in [6.07, 6.45) is 6.39. The first-order chi connectivity index (χ1) is 9.29. The number of hydrogen-bond acceptors (Lipinski definition) is 2. The molecule has 2 heteroatoms. The number of rotatable bonds is 3. The van der Waals surface area contributed by atoms with E-state index in [1.807, 2.05) is 0 Å². The average molecular weight is 272 g/mol. The van der Waals surface area contributed by atoms with Gasteiger partial charge in [-0.05, 0) is 61.0 Å². The lowest BCUT2D eigenvalue weighted by atomic mass is 9.84. The molecule has 2 aliphatic rings. The van der Waals surface area contributed by atoms with Crippen LogP contribution in [0.25, 0.3) is 10.1 Å². The Kier molecular flexibility index (Phi) is 2.89. The van der Waals surface area contributed by atoms with Crippen LogP contribution in [0, 0.1) is 17.8 Å². The van der Waals surface area contributed by atoms with Gasteiger partial charge in [-0.2, -0.15) is 0 Å². The van der Waals surface area contributed by atoms with E-state index >= 15 is 0 Å². The first-order valence-corrected chi connectivity index (χ1v) is 8.28. The van der Waals surface area contributed by atoms with E-state index in [1.54, 1.807) is 11.3 Å². The van der Waals surface area contributed by atoms with Crippen molar-refractivity contribution in [2.45, 2.75) is 38.2 Å². The minimum Gasteiger partial charge on any atom is -0.388 e. The van der Waals surface area contributed by atoms with Gasteiger partial charge in [-0.25, -0.2) is 0 Å². The lowest BCUT2D eigenvalue weighted by Gasteiger charge is -2.23. The third kappa shape index (κ3) is 2.11. The molecule has 2 bridgehead atoms. The molecule has 2 aliphatic carbocycles. The van der Waals surface area contributed by atoms with E-state index in [4.69, 9.17) is 0 Å². The molecule has 100 valence electrons. The molecule has 0 amide bonds. The Morgan fingerprint density at radius 1 is 1.21 bits per heavy atom. The molecule has 1 aromatic carbocycles. The van der Waals surface area contributed by atoms with Gasteiger partial charge >= 0.3 is 0 Å². The highest BCUT2D eigenvalue weighted by molar-refractivity contribution is 7.19. The van der Waals surface area contributed by atoms with Crippen molar-refractivity contribution in [2.75, 3.05) is 0 Å². The first-order valence-electron chi connectivity index (χ1n) is 7.46. The minimum absolute atomic E-state index is 0.248. The monoisotopic (exact) mass is 272 g/mol. The summed E-state index contributed by atoms with van der Waals surface area (Å²) in [4.78, 5) is 1.16. The standard InChI is InChI=1S/C17H20OS/c18-15(9-14-8-11-5-6-12(14)7-11)17-10-13-3-1-2-4-16(13)19-17/h1-4,10-12,14-15,18H,5-9H2. The van der Waals surface area contributed by atoms with Gasteiger partial charge in [0.1, 0.15) is 0 Å². The van der Waals surface area contributed by atoms with Crippen LogP contribution in [0.1, 0.15) is 43.1 Å². The van der Waals surface area contributed by atoms with Crippen LogP contribution in [0.2, 0.25) is 0 Å². The van der Waals surface area contributed by atoms with E-state index < -0.39 is 0 Å². The van der Waals surface area contributed by atoms with Gasteiger partial charge in [-0.3, -0.25) is 0 Å². The molecule has 4 unspecified atom stereocenters. The second kappa shape index (κ2) is 4.60. The minimum atomic E-state index is -0.248. The molecule has 2 aromatic rings. The molecule has 0 spiro atoms. The summed E-state index contributed by atoms with van der Waals surface area (Å²) in [6, 6.07) is 10.6. The molecule has 1 nitrogen and oxygen atoms in total. The zero-order valence-electron chi connectivity index (χ0n) is 11.1. The summed E-state index contributed by atoms with van der Waals surface area (Å²) in [7, 11) is 0. The SMILES string of the molecule is OC(CC1CC2CCC1C2)c1cc2ccccc2s1. The van der Waals surface area contributed by atoms with E-state index in [-0.39, 0.29) is 6.10 Å². The second-order valence-electron chi connectivity index (χ2n) is 6.37. The van der Waals surface area contributed by atoms with Gasteiger partial charge in [0.25, 0.3) is 0 Å². The maximum absolute atomic E-state index is 10.5. The van der Waals surface area contributed by atoms with E-state index in [0.717, 1.165) is 29.1 Å². The van der Waals surface area contributed by atoms with Crippen LogP contribution >= 0.6 is 11.3 Å². The van der Waals surface area contributed by atoms with Crippen LogP contribution in [-0.4, -0.2) is 5.11 Å². The van der Waals surface area contributed by atoms with Crippen LogP contribution in [0.4, 0.5) is 0 Å². The summed E-state index contributed by atoms with van der Waals surface area (Å²) < 4.78 is 1.30. The molecule has 19 heavy (non-hydrogen) atoms. The Balaban J connectivity index is 1.52. The number of benzene rings is 1. The smallest absolute Gasteiger partial charge is 0.0885 e. The molecule has 1 heterocycles. The maximum Gasteiger partial charge on any atom is 0.0885 e. The molecule has 4 rings (SSSR count). The quantitative estimate of drug-likeness (QED) is 0.854. The molecular weight excluding hydrogens is 252 g/mol. The van der Waals surface area contributed by atoms with Crippen LogP contribution in [0.15, 0.2) is 30.3 Å². The van der Waals surface area contributed by atoms with Crippen molar-refractivity contribution in [3.05, 3.63) is 35.2 Å². The van der Waals surface area contributed by atoms with Gasteiger partial charge in [-0.1, -0.05) is 24.6 Å². The van der Waals surface area contributed by atoms with Gasteiger partial charge < -0.3 is 5.11 Å². The van der Waals surface area contributed by atoms with Crippen LogP contribution in [0.3, 0.4) is 0 Å². The maximum atomic E-state index is 10.5. The Morgan fingerprint density at radius 2 is 2.11 bits per heavy atom. The van der Waals surface area contributed by atoms with Crippen LogP contribution in [-0.2, 0) is 0 Å². The van der Waals surface area contributed by atoms with E-state index in [0.29, 0.717) is 0 Å². The van der Waals surface area contributed by atoms with Crippen molar-refractivity contribution in [2.24, 2.45) is 17.8 Å². The fourth-order valence-corrected chi connectivity index (χ4v) is 5.30. The summed E-state index contributed by atoms with van der Waals surface area (Å²) in [5, 5.41) is 11.8. The summed E-state index contributed by atoms with van der Waals surface area (Å²) in [5.41, 5.74) is 0. The largest absolute Gasteiger partial charge is 0.388 e. The van der Waals surface area contributed by atoms with Crippen molar-refractivity contribution in [1.82, 2.24) is 0 Å². The zero-order valence-corrected chi connectivity index (χ0v) is 11.9. The fourth-order valence-electron chi connectivity index (χ4n) is 4.23. The van der Waals surface area contributed by atoms with Crippen molar-refractivity contribution in [3.63, 3.8) is 0 Å². The third-order valence-corrected chi connectivity index (χ3v) is 6.40. The number of fused-ring (bicyclic) bond motifs is 3. The van der Waals surface area contributed by atoms with E-state index in [9.17, 15) is 5.11 Å². The number of aliphatic hydroxyl groups is 1. The van der Waals surface area contributed by atoms with Crippen molar-refractivity contribution >= 4 is 21.4 Å². The molecule has 1 aromatic heterocycles. The third-order valence-electron chi connectivity index (χ3n) is 5.18. The number of hydrogen-bond donors (Lipinski definition) is 1. The highest BCUT2D eigenvalue weighted by Crippen LogP contribution is 2.51. The Morgan fingerprint density at radius 3 is 2.84 bits per heavy atom. The predicted octanol–water partition coefficient (Wildman–Crippen LogP) is 4.76. The summed E-state index contributed by atoms with van der Waals surface area (Å²) in [6.45, 7) is 0. The molecule has 0 aliphatic heterocycles. The lowest BCUT2D eigenvalue weighted by molar-refractivity contribution is 0.128. The summed E-state index contributed by atoms with van der Waals surface area (Å²) >= 11 is 1.76. The normalized spacial score (nSPS) is 31.1. The fraction of sp³-hybridized carbons (Fsp3) is 0.529. The molecule has 1 N–H and O–H groups in total. The highest BCUT2D eigenvalue weighted by atomic mass is 32.1. The number of aliphatic hydroxyl groups excluding tert-OH is 1. The Labute approximate surface area is 118 Å². The van der Waals surface area contributed by atoms with E-state index in [1.165, 1.54) is 35.8 Å². The summed E-state index contributed by atoms with van der Waals surface area (Å²) in [5.74, 6) is 2.66. The van der Waals surface area contributed by atoms with Crippen LogP contribution < -0.4 is 0 Å². The number of thiophene rings is 1. The average Bonchev–Trinajstić information content (AvgIpc) is 3.12. The van der Waals surface area contributed by atoms with Gasteiger partial charge in [0.15, 0.2) is 0 Å². The van der Waals surface area contributed by atoms with Crippen molar-refractivity contribution in [1.29, 1.82) is 0 Å².